The standard InChI is InChI=1S/C17H22N4O3S/c1-3-14(22)21-8-5-4-6-12(21)17(24)20(2)10-13-18-11-7-9-25-15(11)16(23)19-13/h7,9,12H,3-6,8,10H2,1-2H3,(H,18,19,23)/t12-/m0/s1. The summed E-state index contributed by atoms with van der Waals surface area (Å²) in [6.45, 7) is 2.66. The highest BCUT2D eigenvalue weighted by Gasteiger charge is 2.33. The summed E-state index contributed by atoms with van der Waals surface area (Å²) in [5.41, 5.74) is 0.460. The molecular weight excluding hydrogens is 340 g/mol. The molecular formula is C17H22N4O3S. The van der Waals surface area contributed by atoms with E-state index in [4.69, 9.17) is 0 Å². The first kappa shape index (κ1) is 17.6. The molecule has 1 saturated heterocycles. The molecule has 0 spiro atoms. The van der Waals surface area contributed by atoms with Crippen LogP contribution in [0.25, 0.3) is 10.2 Å². The van der Waals surface area contributed by atoms with Crippen molar-refractivity contribution >= 4 is 33.4 Å². The van der Waals surface area contributed by atoms with Crippen LogP contribution in [0.4, 0.5) is 0 Å². The van der Waals surface area contributed by atoms with Crippen LogP contribution in [0, 0.1) is 0 Å². The van der Waals surface area contributed by atoms with Crippen LogP contribution in [0.5, 0.6) is 0 Å². The molecule has 1 aliphatic rings. The summed E-state index contributed by atoms with van der Waals surface area (Å²) in [5, 5.41) is 1.82. The van der Waals surface area contributed by atoms with Gasteiger partial charge in [-0.25, -0.2) is 4.98 Å². The number of aromatic nitrogens is 2. The number of likely N-dealkylation sites (tertiary alicyclic amines) is 1. The molecule has 7 nitrogen and oxygen atoms in total. The van der Waals surface area contributed by atoms with Gasteiger partial charge in [-0.3, -0.25) is 14.4 Å². The molecule has 0 radical (unpaired) electrons. The van der Waals surface area contributed by atoms with E-state index in [9.17, 15) is 14.4 Å². The van der Waals surface area contributed by atoms with Crippen molar-refractivity contribution in [3.05, 3.63) is 27.6 Å². The highest BCUT2D eigenvalue weighted by molar-refractivity contribution is 7.17. The van der Waals surface area contributed by atoms with Crippen molar-refractivity contribution in [1.82, 2.24) is 19.8 Å². The van der Waals surface area contributed by atoms with E-state index in [1.54, 1.807) is 22.9 Å². The van der Waals surface area contributed by atoms with E-state index in [-0.39, 0.29) is 23.9 Å². The van der Waals surface area contributed by atoms with Crippen LogP contribution in [-0.2, 0) is 16.1 Å². The van der Waals surface area contributed by atoms with Crippen molar-refractivity contribution in [3.63, 3.8) is 0 Å². The number of H-pyrrole nitrogens is 1. The van der Waals surface area contributed by atoms with Gasteiger partial charge in [0.05, 0.1) is 12.1 Å². The number of fused-ring (bicyclic) bond motifs is 1. The monoisotopic (exact) mass is 362 g/mol. The lowest BCUT2D eigenvalue weighted by Gasteiger charge is -2.36. The van der Waals surface area contributed by atoms with Crippen molar-refractivity contribution in [3.8, 4) is 0 Å². The zero-order chi connectivity index (χ0) is 18.0. The summed E-state index contributed by atoms with van der Waals surface area (Å²) in [6, 6.07) is 1.38. The van der Waals surface area contributed by atoms with Crippen molar-refractivity contribution < 1.29 is 9.59 Å². The molecule has 3 rings (SSSR count). The molecule has 2 amide bonds. The average Bonchev–Trinajstić information content (AvgIpc) is 3.09. The third-order valence-electron chi connectivity index (χ3n) is 4.54. The Morgan fingerprint density at radius 2 is 2.24 bits per heavy atom. The van der Waals surface area contributed by atoms with Crippen molar-refractivity contribution in [2.75, 3.05) is 13.6 Å². The molecule has 25 heavy (non-hydrogen) atoms. The van der Waals surface area contributed by atoms with Gasteiger partial charge in [0.25, 0.3) is 5.56 Å². The second-order valence-electron chi connectivity index (χ2n) is 6.29. The first-order chi connectivity index (χ1) is 12.0. The lowest BCUT2D eigenvalue weighted by atomic mass is 10.0. The van der Waals surface area contributed by atoms with Crippen molar-refractivity contribution in [2.24, 2.45) is 0 Å². The molecule has 8 heteroatoms. The minimum absolute atomic E-state index is 0.0117. The summed E-state index contributed by atoms with van der Waals surface area (Å²) in [5.74, 6) is 0.364. The highest BCUT2D eigenvalue weighted by Crippen LogP contribution is 2.20. The number of likely N-dealkylation sites (N-methyl/N-ethyl adjacent to an activating group) is 1. The van der Waals surface area contributed by atoms with E-state index >= 15 is 0 Å². The maximum atomic E-state index is 12.8. The molecule has 0 aromatic carbocycles. The first-order valence-corrected chi connectivity index (χ1v) is 9.40. The number of aromatic amines is 1. The molecule has 0 unspecified atom stereocenters. The number of piperidine rings is 1. The van der Waals surface area contributed by atoms with Crippen LogP contribution in [0.3, 0.4) is 0 Å². The maximum Gasteiger partial charge on any atom is 0.268 e. The molecule has 1 fully saturated rings. The lowest BCUT2D eigenvalue weighted by molar-refractivity contribution is -0.147. The summed E-state index contributed by atoms with van der Waals surface area (Å²) in [6.07, 6.45) is 2.95. The Bertz CT molecular complexity index is 844. The fourth-order valence-corrected chi connectivity index (χ4v) is 3.97. The number of amides is 2. The Hall–Kier alpha value is -2.22. The Kier molecular flexibility index (Phi) is 5.17. The fraction of sp³-hybridized carbons (Fsp3) is 0.529. The van der Waals surface area contributed by atoms with E-state index in [1.165, 1.54) is 11.3 Å². The number of thiophene rings is 1. The van der Waals surface area contributed by atoms with Gasteiger partial charge in [-0.15, -0.1) is 11.3 Å². The molecule has 3 heterocycles. The Morgan fingerprint density at radius 3 is 3.00 bits per heavy atom. The van der Waals surface area contributed by atoms with Gasteiger partial charge in [-0.2, -0.15) is 0 Å². The Balaban J connectivity index is 1.76. The molecule has 0 bridgehead atoms. The van der Waals surface area contributed by atoms with E-state index in [0.29, 0.717) is 35.4 Å². The van der Waals surface area contributed by atoms with Gasteiger partial charge in [0.1, 0.15) is 16.6 Å². The summed E-state index contributed by atoms with van der Waals surface area (Å²) in [7, 11) is 1.68. The third-order valence-corrected chi connectivity index (χ3v) is 5.44. The maximum absolute atomic E-state index is 12.8. The summed E-state index contributed by atoms with van der Waals surface area (Å²) in [4.78, 5) is 47.4. The predicted molar refractivity (Wildman–Crippen MR) is 96.4 cm³/mol. The zero-order valence-electron chi connectivity index (χ0n) is 14.4. The smallest absolute Gasteiger partial charge is 0.268 e. The van der Waals surface area contributed by atoms with E-state index in [2.05, 4.69) is 9.97 Å². The van der Waals surface area contributed by atoms with E-state index < -0.39 is 6.04 Å². The molecule has 0 saturated carbocycles. The SMILES string of the molecule is CCC(=O)N1CCCC[C@H]1C(=O)N(C)Cc1nc2ccsc2c(=O)[nH]1. The predicted octanol–water partition coefficient (Wildman–Crippen LogP) is 1.73. The molecule has 1 aliphatic heterocycles. The largest absolute Gasteiger partial charge is 0.336 e. The number of hydrogen-bond donors (Lipinski definition) is 1. The number of hydrogen-bond acceptors (Lipinski definition) is 5. The van der Waals surface area contributed by atoms with Gasteiger partial charge in [0, 0.05) is 20.0 Å². The normalized spacial score (nSPS) is 17.7. The van der Waals surface area contributed by atoms with Crippen LogP contribution < -0.4 is 5.56 Å². The second kappa shape index (κ2) is 7.35. The number of nitrogens with one attached hydrogen (secondary N) is 1. The third kappa shape index (κ3) is 3.58. The number of carbonyl (C=O) groups is 2. The zero-order valence-corrected chi connectivity index (χ0v) is 15.3. The molecule has 2 aromatic rings. The van der Waals surface area contributed by atoms with Gasteiger partial charge in [0.15, 0.2) is 0 Å². The van der Waals surface area contributed by atoms with E-state index in [1.807, 2.05) is 12.3 Å². The number of rotatable bonds is 4. The van der Waals surface area contributed by atoms with Gasteiger partial charge in [0.2, 0.25) is 11.8 Å². The number of carbonyl (C=O) groups excluding carboxylic acids is 2. The minimum Gasteiger partial charge on any atom is -0.336 e. The molecule has 0 aliphatic carbocycles. The molecule has 1 atom stereocenters. The van der Waals surface area contributed by atoms with Gasteiger partial charge in [-0.1, -0.05) is 6.92 Å². The topological polar surface area (TPSA) is 86.4 Å². The van der Waals surface area contributed by atoms with E-state index in [0.717, 1.165) is 12.8 Å². The van der Waals surface area contributed by atoms with Crippen LogP contribution in [0.2, 0.25) is 0 Å². The molecule has 2 aromatic heterocycles. The lowest BCUT2D eigenvalue weighted by Crippen LogP contribution is -2.52. The average molecular weight is 362 g/mol. The van der Waals surface area contributed by atoms with Gasteiger partial charge in [-0.05, 0) is 30.7 Å². The van der Waals surface area contributed by atoms with Crippen LogP contribution in [-0.4, -0.2) is 51.2 Å². The number of nitrogens with zero attached hydrogens (tertiary/aromatic N) is 3. The second-order valence-corrected chi connectivity index (χ2v) is 7.21. The Morgan fingerprint density at radius 1 is 1.44 bits per heavy atom. The van der Waals surface area contributed by atoms with Crippen LogP contribution >= 0.6 is 11.3 Å². The molecule has 1 N–H and O–H groups in total. The molecule has 134 valence electrons. The first-order valence-electron chi connectivity index (χ1n) is 8.52. The van der Waals surface area contributed by atoms with Crippen LogP contribution in [0.1, 0.15) is 38.4 Å². The fourth-order valence-electron chi connectivity index (χ4n) is 3.24. The summed E-state index contributed by atoms with van der Waals surface area (Å²) >= 11 is 1.35. The highest BCUT2D eigenvalue weighted by atomic mass is 32.1. The van der Waals surface area contributed by atoms with Crippen molar-refractivity contribution in [1.29, 1.82) is 0 Å². The van der Waals surface area contributed by atoms with Crippen molar-refractivity contribution in [2.45, 2.75) is 45.2 Å². The quantitative estimate of drug-likeness (QED) is 0.897. The van der Waals surface area contributed by atoms with Crippen LogP contribution in [0.15, 0.2) is 16.2 Å². The summed E-state index contributed by atoms with van der Waals surface area (Å²) < 4.78 is 0.588. The van der Waals surface area contributed by atoms with Gasteiger partial charge >= 0.3 is 0 Å². The minimum atomic E-state index is -0.414. The van der Waals surface area contributed by atoms with Gasteiger partial charge < -0.3 is 14.8 Å². The Labute approximate surface area is 149 Å².